The Morgan fingerprint density at radius 1 is 1.32 bits per heavy atom. The van der Waals surface area contributed by atoms with Gasteiger partial charge in [-0.3, -0.25) is 0 Å². The van der Waals surface area contributed by atoms with Crippen LogP contribution in [0.2, 0.25) is 0 Å². The van der Waals surface area contributed by atoms with Gasteiger partial charge in [0.1, 0.15) is 0 Å². The zero-order valence-electron chi connectivity index (χ0n) is 11.6. The summed E-state index contributed by atoms with van der Waals surface area (Å²) in [4.78, 5) is 4.61. The maximum Gasteiger partial charge on any atom is 0.0954 e. The third kappa shape index (κ3) is 4.33. The lowest BCUT2D eigenvalue weighted by Crippen LogP contribution is -2.08. The molecule has 0 saturated carbocycles. The molecule has 0 aliphatic heterocycles. The van der Waals surface area contributed by atoms with E-state index in [4.69, 9.17) is 4.74 Å². The van der Waals surface area contributed by atoms with Gasteiger partial charge in [-0.25, -0.2) is 4.98 Å². The number of methoxy groups -OCH3 is 1. The van der Waals surface area contributed by atoms with E-state index in [2.05, 4.69) is 53.8 Å². The molecule has 3 nitrogen and oxygen atoms in total. The summed E-state index contributed by atoms with van der Waals surface area (Å²) in [5.74, 6) is 0. The van der Waals surface area contributed by atoms with Gasteiger partial charge in [0.2, 0.25) is 0 Å². The molecule has 1 heterocycles. The standard InChI is InChI=1S/C15H20N2OS/c1-11-4-6-13(7-5-11)16-9-14-10-19-15(17-14)8-12(2)18-3/h4-7,10,12,16H,8-9H2,1-3H3. The monoisotopic (exact) mass is 276 g/mol. The number of hydrogen-bond donors (Lipinski definition) is 1. The van der Waals surface area contributed by atoms with E-state index in [1.165, 1.54) is 5.56 Å². The van der Waals surface area contributed by atoms with Gasteiger partial charge < -0.3 is 10.1 Å². The molecule has 0 amide bonds. The summed E-state index contributed by atoms with van der Waals surface area (Å²) in [7, 11) is 1.73. The molecule has 0 aliphatic rings. The van der Waals surface area contributed by atoms with E-state index in [0.717, 1.165) is 29.4 Å². The van der Waals surface area contributed by atoms with E-state index in [0.29, 0.717) is 0 Å². The van der Waals surface area contributed by atoms with Gasteiger partial charge in [0.15, 0.2) is 0 Å². The molecule has 1 atom stereocenters. The molecule has 1 aromatic heterocycles. The average molecular weight is 276 g/mol. The fourth-order valence-electron chi connectivity index (χ4n) is 1.72. The molecule has 0 aliphatic carbocycles. The second-order valence-corrected chi connectivity index (χ2v) is 5.65. The Morgan fingerprint density at radius 3 is 2.74 bits per heavy atom. The molecular formula is C15H20N2OS. The Labute approximate surface area is 118 Å². The van der Waals surface area contributed by atoms with Crippen LogP contribution in [0.3, 0.4) is 0 Å². The largest absolute Gasteiger partial charge is 0.381 e. The lowest BCUT2D eigenvalue weighted by molar-refractivity contribution is 0.118. The van der Waals surface area contributed by atoms with E-state index in [9.17, 15) is 0 Å². The Balaban J connectivity index is 1.88. The fourth-order valence-corrected chi connectivity index (χ4v) is 2.63. The van der Waals surface area contributed by atoms with Crippen molar-refractivity contribution in [2.75, 3.05) is 12.4 Å². The summed E-state index contributed by atoms with van der Waals surface area (Å²) in [5, 5.41) is 6.63. The maximum atomic E-state index is 5.25. The first kappa shape index (κ1) is 14.0. The van der Waals surface area contributed by atoms with Crippen molar-refractivity contribution in [3.05, 3.63) is 45.9 Å². The molecule has 102 valence electrons. The van der Waals surface area contributed by atoms with Gasteiger partial charge in [-0.1, -0.05) is 17.7 Å². The molecule has 0 spiro atoms. The SMILES string of the molecule is COC(C)Cc1nc(CNc2ccc(C)cc2)cs1. The predicted octanol–water partition coefficient (Wildman–Crippen LogP) is 3.64. The minimum atomic E-state index is 0.226. The van der Waals surface area contributed by atoms with Crippen molar-refractivity contribution in [2.24, 2.45) is 0 Å². The second-order valence-electron chi connectivity index (χ2n) is 4.70. The number of nitrogens with one attached hydrogen (secondary N) is 1. The van der Waals surface area contributed by atoms with Crippen LogP contribution in [0.5, 0.6) is 0 Å². The van der Waals surface area contributed by atoms with Gasteiger partial charge in [-0.2, -0.15) is 0 Å². The molecule has 0 saturated heterocycles. The van der Waals surface area contributed by atoms with Gasteiger partial charge in [0.05, 0.1) is 23.4 Å². The molecule has 1 aromatic carbocycles. The highest BCUT2D eigenvalue weighted by Gasteiger charge is 2.06. The van der Waals surface area contributed by atoms with Crippen molar-refractivity contribution in [2.45, 2.75) is 32.9 Å². The molecule has 1 N–H and O–H groups in total. The van der Waals surface area contributed by atoms with E-state index in [1.54, 1.807) is 18.4 Å². The molecule has 2 rings (SSSR count). The lowest BCUT2D eigenvalue weighted by atomic mass is 10.2. The first-order chi connectivity index (χ1) is 9.17. The lowest BCUT2D eigenvalue weighted by Gasteiger charge is -2.06. The molecular weight excluding hydrogens is 256 g/mol. The molecule has 2 aromatic rings. The molecule has 0 fully saturated rings. The summed E-state index contributed by atoms with van der Waals surface area (Å²) in [6, 6.07) is 8.40. The number of thiazole rings is 1. The van der Waals surface area contributed by atoms with Crippen molar-refractivity contribution < 1.29 is 4.74 Å². The second kappa shape index (κ2) is 6.68. The molecule has 19 heavy (non-hydrogen) atoms. The minimum Gasteiger partial charge on any atom is -0.381 e. The van der Waals surface area contributed by atoms with Crippen LogP contribution in [-0.2, 0) is 17.7 Å². The number of aryl methyl sites for hydroxylation is 1. The Hall–Kier alpha value is -1.39. The quantitative estimate of drug-likeness (QED) is 0.874. The number of aromatic nitrogens is 1. The van der Waals surface area contributed by atoms with Crippen LogP contribution in [0.15, 0.2) is 29.6 Å². The van der Waals surface area contributed by atoms with Gasteiger partial charge in [-0.15, -0.1) is 11.3 Å². The van der Waals surface area contributed by atoms with Crippen LogP contribution in [0.4, 0.5) is 5.69 Å². The van der Waals surface area contributed by atoms with Crippen molar-refractivity contribution in [1.29, 1.82) is 0 Å². The van der Waals surface area contributed by atoms with Crippen molar-refractivity contribution in [1.82, 2.24) is 4.98 Å². The highest BCUT2D eigenvalue weighted by molar-refractivity contribution is 7.09. The van der Waals surface area contributed by atoms with Crippen molar-refractivity contribution in [3.8, 4) is 0 Å². The number of hydrogen-bond acceptors (Lipinski definition) is 4. The van der Waals surface area contributed by atoms with E-state index < -0.39 is 0 Å². The van der Waals surface area contributed by atoms with E-state index in [1.807, 2.05) is 0 Å². The van der Waals surface area contributed by atoms with Crippen LogP contribution in [0.1, 0.15) is 23.2 Å². The number of rotatable bonds is 6. The summed E-state index contributed by atoms with van der Waals surface area (Å²) < 4.78 is 5.25. The minimum absolute atomic E-state index is 0.226. The van der Waals surface area contributed by atoms with Crippen LogP contribution >= 0.6 is 11.3 Å². The summed E-state index contributed by atoms with van der Waals surface area (Å²) in [6.45, 7) is 4.92. The highest BCUT2D eigenvalue weighted by atomic mass is 32.1. The normalized spacial score (nSPS) is 12.4. The van der Waals surface area contributed by atoms with Gasteiger partial charge >= 0.3 is 0 Å². The van der Waals surface area contributed by atoms with Crippen molar-refractivity contribution in [3.63, 3.8) is 0 Å². The maximum absolute atomic E-state index is 5.25. The number of ether oxygens (including phenoxy) is 1. The fraction of sp³-hybridized carbons (Fsp3) is 0.400. The summed E-state index contributed by atoms with van der Waals surface area (Å²) in [5.41, 5.74) is 3.49. The third-order valence-corrected chi connectivity index (χ3v) is 3.91. The number of benzene rings is 1. The first-order valence-corrected chi connectivity index (χ1v) is 7.32. The van der Waals surface area contributed by atoms with Gasteiger partial charge in [0.25, 0.3) is 0 Å². The molecule has 4 heteroatoms. The number of nitrogens with zero attached hydrogens (tertiary/aromatic N) is 1. The molecule has 0 radical (unpaired) electrons. The molecule has 1 unspecified atom stereocenters. The predicted molar refractivity (Wildman–Crippen MR) is 80.8 cm³/mol. The summed E-state index contributed by atoms with van der Waals surface area (Å²) >= 11 is 1.70. The highest BCUT2D eigenvalue weighted by Crippen LogP contribution is 2.15. The van der Waals surface area contributed by atoms with Crippen LogP contribution in [-0.4, -0.2) is 18.2 Å². The zero-order chi connectivity index (χ0) is 13.7. The zero-order valence-corrected chi connectivity index (χ0v) is 12.5. The van der Waals surface area contributed by atoms with Crippen LogP contribution in [0, 0.1) is 6.92 Å². The average Bonchev–Trinajstić information content (AvgIpc) is 2.85. The topological polar surface area (TPSA) is 34.1 Å². The third-order valence-electron chi connectivity index (χ3n) is 2.99. The molecule has 0 bridgehead atoms. The Bertz CT molecular complexity index is 507. The summed E-state index contributed by atoms with van der Waals surface area (Å²) in [6.07, 6.45) is 1.11. The van der Waals surface area contributed by atoms with E-state index >= 15 is 0 Å². The first-order valence-electron chi connectivity index (χ1n) is 6.44. The Morgan fingerprint density at radius 2 is 2.05 bits per heavy atom. The smallest absolute Gasteiger partial charge is 0.0954 e. The van der Waals surface area contributed by atoms with Crippen LogP contribution < -0.4 is 5.32 Å². The Kier molecular flexibility index (Phi) is 4.93. The van der Waals surface area contributed by atoms with Crippen LogP contribution in [0.25, 0.3) is 0 Å². The van der Waals surface area contributed by atoms with Gasteiger partial charge in [-0.05, 0) is 26.0 Å². The van der Waals surface area contributed by atoms with Crippen molar-refractivity contribution >= 4 is 17.0 Å². The van der Waals surface area contributed by atoms with Gasteiger partial charge in [0, 0.05) is 24.6 Å². The number of anilines is 1. The van der Waals surface area contributed by atoms with E-state index in [-0.39, 0.29) is 6.10 Å².